The summed E-state index contributed by atoms with van der Waals surface area (Å²) in [4.78, 5) is 2.68. The summed E-state index contributed by atoms with van der Waals surface area (Å²) in [5.74, 6) is 0. The highest BCUT2D eigenvalue weighted by atomic mass is 15.2. The molecule has 0 saturated heterocycles. The largest absolute Gasteiger partial charge is 0.330 e. The van der Waals surface area contributed by atoms with Gasteiger partial charge in [0.05, 0.1) is 0 Å². The maximum absolute atomic E-state index is 5.92. The maximum Gasteiger partial charge on any atom is 0.00953 e. The zero-order valence-corrected chi connectivity index (χ0v) is 11.5. The van der Waals surface area contributed by atoms with E-state index in [9.17, 15) is 0 Å². The van der Waals surface area contributed by atoms with Crippen molar-refractivity contribution in [3.05, 3.63) is 0 Å². The monoisotopic (exact) mass is 226 g/mol. The van der Waals surface area contributed by atoms with Crippen molar-refractivity contribution in [1.82, 2.24) is 4.90 Å². The van der Waals surface area contributed by atoms with E-state index >= 15 is 0 Å². The highest BCUT2D eigenvalue weighted by molar-refractivity contribution is 4.83. The van der Waals surface area contributed by atoms with E-state index in [1.807, 2.05) is 0 Å². The van der Waals surface area contributed by atoms with Gasteiger partial charge in [-0.15, -0.1) is 0 Å². The lowest BCUT2D eigenvalue weighted by atomic mass is 9.85. The fourth-order valence-electron chi connectivity index (χ4n) is 2.76. The molecule has 1 atom stereocenters. The van der Waals surface area contributed by atoms with Gasteiger partial charge in [-0.05, 0) is 37.8 Å². The minimum Gasteiger partial charge on any atom is -0.330 e. The molecular weight excluding hydrogens is 196 g/mol. The van der Waals surface area contributed by atoms with Gasteiger partial charge in [0.15, 0.2) is 0 Å². The summed E-state index contributed by atoms with van der Waals surface area (Å²) >= 11 is 0. The zero-order chi connectivity index (χ0) is 12.0. The number of rotatable bonds is 6. The molecule has 0 aromatic rings. The van der Waals surface area contributed by atoms with Crippen LogP contribution in [0.25, 0.3) is 0 Å². The molecule has 96 valence electrons. The second kappa shape index (κ2) is 6.61. The normalized spacial score (nSPS) is 22.3. The van der Waals surface area contributed by atoms with E-state index in [1.165, 1.54) is 51.6 Å². The Labute approximate surface area is 102 Å². The molecule has 1 rings (SSSR count). The van der Waals surface area contributed by atoms with Gasteiger partial charge in [0.1, 0.15) is 0 Å². The van der Waals surface area contributed by atoms with Crippen molar-refractivity contribution in [2.75, 3.05) is 19.6 Å². The second-order valence-corrected chi connectivity index (χ2v) is 5.72. The molecule has 0 aliphatic heterocycles. The standard InChI is InChI=1S/C14H30N2/c1-4-14(3,11-15)12-16(5-2)13-9-7-6-8-10-13/h13H,4-12,15H2,1-3H3. The Bertz CT molecular complexity index is 181. The van der Waals surface area contributed by atoms with E-state index in [1.54, 1.807) is 0 Å². The third-order valence-electron chi connectivity index (χ3n) is 4.43. The molecule has 1 unspecified atom stereocenters. The van der Waals surface area contributed by atoms with Crippen LogP contribution in [0.4, 0.5) is 0 Å². The van der Waals surface area contributed by atoms with Crippen molar-refractivity contribution in [1.29, 1.82) is 0 Å². The molecule has 1 aliphatic carbocycles. The van der Waals surface area contributed by atoms with Crippen molar-refractivity contribution in [2.45, 2.75) is 65.3 Å². The van der Waals surface area contributed by atoms with Crippen LogP contribution < -0.4 is 5.73 Å². The average molecular weight is 226 g/mol. The number of nitrogens with zero attached hydrogens (tertiary/aromatic N) is 1. The van der Waals surface area contributed by atoms with Crippen molar-refractivity contribution >= 4 is 0 Å². The van der Waals surface area contributed by atoms with E-state index in [2.05, 4.69) is 25.7 Å². The number of nitrogens with two attached hydrogens (primary N) is 1. The number of hydrogen-bond acceptors (Lipinski definition) is 2. The Morgan fingerprint density at radius 1 is 1.19 bits per heavy atom. The van der Waals surface area contributed by atoms with Gasteiger partial charge in [-0.25, -0.2) is 0 Å². The summed E-state index contributed by atoms with van der Waals surface area (Å²) in [6.07, 6.45) is 8.28. The van der Waals surface area contributed by atoms with Crippen LogP contribution in [-0.4, -0.2) is 30.6 Å². The van der Waals surface area contributed by atoms with Crippen LogP contribution in [0.5, 0.6) is 0 Å². The average Bonchev–Trinajstić information content (AvgIpc) is 2.36. The molecule has 0 heterocycles. The van der Waals surface area contributed by atoms with Gasteiger partial charge in [-0.1, -0.05) is 40.0 Å². The van der Waals surface area contributed by atoms with Crippen LogP contribution >= 0.6 is 0 Å². The van der Waals surface area contributed by atoms with Crippen LogP contribution in [-0.2, 0) is 0 Å². The molecule has 2 nitrogen and oxygen atoms in total. The Morgan fingerprint density at radius 3 is 2.25 bits per heavy atom. The van der Waals surface area contributed by atoms with Crippen molar-refractivity contribution in [2.24, 2.45) is 11.1 Å². The fourth-order valence-corrected chi connectivity index (χ4v) is 2.76. The summed E-state index contributed by atoms with van der Waals surface area (Å²) < 4.78 is 0. The van der Waals surface area contributed by atoms with E-state index in [0.717, 1.165) is 12.6 Å². The van der Waals surface area contributed by atoms with Gasteiger partial charge in [0.2, 0.25) is 0 Å². The summed E-state index contributed by atoms with van der Waals surface area (Å²) in [5, 5.41) is 0. The fraction of sp³-hybridized carbons (Fsp3) is 1.00. The summed E-state index contributed by atoms with van der Waals surface area (Å²) in [6.45, 7) is 10.1. The first-order chi connectivity index (χ1) is 7.65. The van der Waals surface area contributed by atoms with Gasteiger partial charge >= 0.3 is 0 Å². The van der Waals surface area contributed by atoms with Crippen LogP contribution in [0.3, 0.4) is 0 Å². The molecule has 0 aromatic carbocycles. The lowest BCUT2D eigenvalue weighted by Gasteiger charge is -2.39. The third-order valence-corrected chi connectivity index (χ3v) is 4.43. The second-order valence-electron chi connectivity index (χ2n) is 5.72. The van der Waals surface area contributed by atoms with Crippen LogP contribution in [0.1, 0.15) is 59.3 Å². The molecule has 0 amide bonds. The zero-order valence-electron chi connectivity index (χ0n) is 11.5. The van der Waals surface area contributed by atoms with E-state index in [-0.39, 0.29) is 0 Å². The van der Waals surface area contributed by atoms with Gasteiger partial charge in [0.25, 0.3) is 0 Å². The van der Waals surface area contributed by atoms with E-state index < -0.39 is 0 Å². The third kappa shape index (κ3) is 3.74. The first kappa shape index (κ1) is 14.0. The molecule has 0 radical (unpaired) electrons. The number of hydrogen-bond donors (Lipinski definition) is 1. The predicted octanol–water partition coefficient (Wildman–Crippen LogP) is 3.02. The molecule has 0 aromatic heterocycles. The van der Waals surface area contributed by atoms with Gasteiger partial charge in [0, 0.05) is 12.6 Å². The quantitative estimate of drug-likeness (QED) is 0.754. The SMILES string of the molecule is CCN(CC(C)(CC)CN)C1CCCCC1. The van der Waals surface area contributed by atoms with Crippen molar-refractivity contribution in [3.63, 3.8) is 0 Å². The van der Waals surface area contributed by atoms with Crippen LogP contribution in [0, 0.1) is 5.41 Å². The smallest absolute Gasteiger partial charge is 0.00953 e. The predicted molar refractivity (Wildman–Crippen MR) is 71.6 cm³/mol. The summed E-state index contributed by atoms with van der Waals surface area (Å²) in [5.41, 5.74) is 6.24. The molecule has 1 fully saturated rings. The summed E-state index contributed by atoms with van der Waals surface area (Å²) in [6, 6.07) is 0.830. The molecule has 1 saturated carbocycles. The Morgan fingerprint density at radius 2 is 1.81 bits per heavy atom. The van der Waals surface area contributed by atoms with Crippen LogP contribution in [0.2, 0.25) is 0 Å². The first-order valence-electron chi connectivity index (χ1n) is 7.09. The first-order valence-corrected chi connectivity index (χ1v) is 7.09. The Kier molecular flexibility index (Phi) is 5.77. The molecule has 1 aliphatic rings. The van der Waals surface area contributed by atoms with Crippen molar-refractivity contribution < 1.29 is 0 Å². The molecule has 0 spiro atoms. The minimum absolute atomic E-state index is 0.313. The van der Waals surface area contributed by atoms with Gasteiger partial charge in [-0.3, -0.25) is 0 Å². The molecule has 2 N–H and O–H groups in total. The molecular formula is C14H30N2. The van der Waals surface area contributed by atoms with Crippen molar-refractivity contribution in [3.8, 4) is 0 Å². The van der Waals surface area contributed by atoms with E-state index in [4.69, 9.17) is 5.73 Å². The van der Waals surface area contributed by atoms with Crippen LogP contribution in [0.15, 0.2) is 0 Å². The molecule has 0 bridgehead atoms. The molecule has 16 heavy (non-hydrogen) atoms. The highest BCUT2D eigenvalue weighted by Crippen LogP contribution is 2.27. The lowest BCUT2D eigenvalue weighted by molar-refractivity contribution is 0.102. The Balaban J connectivity index is 2.52. The van der Waals surface area contributed by atoms with E-state index in [0.29, 0.717) is 5.41 Å². The minimum atomic E-state index is 0.313. The maximum atomic E-state index is 5.92. The topological polar surface area (TPSA) is 29.3 Å². The van der Waals surface area contributed by atoms with Gasteiger partial charge < -0.3 is 10.6 Å². The lowest BCUT2D eigenvalue weighted by Crippen LogP contribution is -2.45. The van der Waals surface area contributed by atoms with Gasteiger partial charge in [-0.2, -0.15) is 0 Å². The molecule has 2 heteroatoms. The Hall–Kier alpha value is -0.0800. The highest BCUT2D eigenvalue weighted by Gasteiger charge is 2.27. The summed E-state index contributed by atoms with van der Waals surface area (Å²) in [7, 11) is 0.